The van der Waals surface area contributed by atoms with Gasteiger partial charge in [0, 0.05) is 13.1 Å². The summed E-state index contributed by atoms with van der Waals surface area (Å²) in [6.07, 6.45) is 4.82. The van der Waals surface area contributed by atoms with Crippen molar-refractivity contribution >= 4 is 18.2 Å². The molecule has 2 atom stereocenters. The van der Waals surface area contributed by atoms with Gasteiger partial charge < -0.3 is 30.1 Å². The lowest BCUT2D eigenvalue weighted by Crippen LogP contribution is -2.53. The third kappa shape index (κ3) is 9.54. The molecule has 2 amide bonds. The molecule has 1 heterocycles. The van der Waals surface area contributed by atoms with Crippen LogP contribution in [0.1, 0.15) is 64.9 Å². The molecule has 2 fully saturated rings. The van der Waals surface area contributed by atoms with Crippen molar-refractivity contribution in [3.8, 4) is 0 Å². The van der Waals surface area contributed by atoms with Crippen molar-refractivity contribution in [3.05, 3.63) is 35.9 Å². The molecule has 1 aromatic carbocycles. The Morgan fingerprint density at radius 1 is 1.00 bits per heavy atom. The van der Waals surface area contributed by atoms with Crippen LogP contribution in [0.25, 0.3) is 0 Å². The topological polar surface area (TPSA) is 117 Å². The highest BCUT2D eigenvalue weighted by Gasteiger charge is 2.42. The van der Waals surface area contributed by atoms with Gasteiger partial charge in [-0.05, 0) is 70.0 Å². The number of alkyl carbamates (subject to hydrolysis) is 2. The summed E-state index contributed by atoms with van der Waals surface area (Å²) in [5.41, 5.74) is 0.251. The number of ether oxygens (including phenoxy) is 2. The molecule has 2 aliphatic rings. The van der Waals surface area contributed by atoms with Crippen LogP contribution in [-0.4, -0.2) is 66.0 Å². The lowest BCUT2D eigenvalue weighted by atomic mass is 9.72. The zero-order chi connectivity index (χ0) is 26.8. The maximum atomic E-state index is 12.5. The van der Waals surface area contributed by atoms with E-state index in [9.17, 15) is 19.5 Å². The molecule has 3 rings (SSSR count). The molecule has 1 saturated heterocycles. The number of piperidine rings is 1. The van der Waals surface area contributed by atoms with Crippen molar-refractivity contribution in [1.29, 1.82) is 0 Å². The van der Waals surface area contributed by atoms with Gasteiger partial charge in [0.1, 0.15) is 18.2 Å². The second-order valence-corrected chi connectivity index (χ2v) is 11.3. The smallest absolute Gasteiger partial charge is 0.408 e. The third-order valence-corrected chi connectivity index (χ3v) is 7.35. The number of likely N-dealkylation sites (tertiary alicyclic amines) is 1. The first-order valence-corrected chi connectivity index (χ1v) is 13.5. The van der Waals surface area contributed by atoms with Crippen molar-refractivity contribution in [2.75, 3.05) is 26.2 Å². The van der Waals surface area contributed by atoms with Gasteiger partial charge in [0.05, 0.1) is 0 Å². The van der Waals surface area contributed by atoms with E-state index >= 15 is 0 Å². The molecular weight excluding hydrogens is 474 g/mol. The number of carbonyl (C=O) groups is 3. The van der Waals surface area contributed by atoms with Crippen LogP contribution < -0.4 is 10.6 Å². The fraction of sp³-hybridized carbons (Fsp3) is 0.679. The molecule has 9 nitrogen and oxygen atoms in total. The zero-order valence-electron chi connectivity index (χ0n) is 22.4. The highest BCUT2D eigenvalue weighted by atomic mass is 16.6. The van der Waals surface area contributed by atoms with Gasteiger partial charge in [-0.15, -0.1) is 0 Å². The molecule has 9 heteroatoms. The van der Waals surface area contributed by atoms with Crippen LogP contribution in [0.2, 0.25) is 0 Å². The maximum absolute atomic E-state index is 12.5. The van der Waals surface area contributed by atoms with E-state index in [1.54, 1.807) is 20.8 Å². The van der Waals surface area contributed by atoms with Crippen molar-refractivity contribution in [2.24, 2.45) is 17.8 Å². The number of carbonyl (C=O) groups excluding carboxylic acids is 2. The maximum Gasteiger partial charge on any atom is 0.408 e. The van der Waals surface area contributed by atoms with Gasteiger partial charge in [-0.2, -0.15) is 0 Å². The Labute approximate surface area is 220 Å². The first kappa shape index (κ1) is 28.8. The number of nitrogens with zero attached hydrogens (tertiary/aromatic N) is 1. The first-order valence-electron chi connectivity index (χ1n) is 13.5. The number of benzene rings is 1. The third-order valence-electron chi connectivity index (χ3n) is 7.35. The van der Waals surface area contributed by atoms with Crippen molar-refractivity contribution in [1.82, 2.24) is 15.5 Å². The molecule has 0 spiro atoms. The van der Waals surface area contributed by atoms with Crippen LogP contribution in [-0.2, 0) is 20.9 Å². The second-order valence-electron chi connectivity index (χ2n) is 11.3. The predicted molar refractivity (Wildman–Crippen MR) is 140 cm³/mol. The quantitative estimate of drug-likeness (QED) is 0.421. The number of carboxylic acids is 1. The summed E-state index contributed by atoms with van der Waals surface area (Å²) in [5.74, 6) is -0.628. The highest BCUT2D eigenvalue weighted by molar-refractivity contribution is 5.80. The summed E-state index contributed by atoms with van der Waals surface area (Å²) >= 11 is 0. The van der Waals surface area contributed by atoms with E-state index in [-0.39, 0.29) is 24.4 Å². The van der Waals surface area contributed by atoms with E-state index in [0.29, 0.717) is 13.1 Å². The second kappa shape index (κ2) is 13.7. The molecule has 1 aromatic rings. The van der Waals surface area contributed by atoms with Gasteiger partial charge in [-0.25, -0.2) is 14.4 Å². The summed E-state index contributed by atoms with van der Waals surface area (Å²) in [6.45, 7) is 8.39. The Balaban J connectivity index is 1.49. The number of nitrogens with one attached hydrogen (secondary N) is 2. The van der Waals surface area contributed by atoms with Crippen molar-refractivity contribution in [3.63, 3.8) is 0 Å². The van der Waals surface area contributed by atoms with Crippen LogP contribution in [0.5, 0.6) is 0 Å². The van der Waals surface area contributed by atoms with E-state index in [2.05, 4.69) is 15.5 Å². The summed E-state index contributed by atoms with van der Waals surface area (Å²) in [6, 6.07) is 8.59. The molecule has 1 saturated carbocycles. The Kier molecular flexibility index (Phi) is 10.6. The van der Waals surface area contributed by atoms with Gasteiger partial charge in [0.2, 0.25) is 0 Å². The van der Waals surface area contributed by atoms with Gasteiger partial charge in [-0.1, -0.05) is 56.0 Å². The Bertz CT molecular complexity index is 874. The van der Waals surface area contributed by atoms with E-state index in [0.717, 1.165) is 57.2 Å². The van der Waals surface area contributed by atoms with E-state index in [1.165, 1.54) is 0 Å². The first-order chi connectivity index (χ1) is 17.6. The monoisotopic (exact) mass is 517 g/mol. The molecule has 1 aliphatic carbocycles. The largest absolute Gasteiger partial charge is 0.480 e. The number of amides is 2. The molecule has 206 valence electrons. The molecule has 37 heavy (non-hydrogen) atoms. The van der Waals surface area contributed by atoms with Crippen molar-refractivity contribution in [2.45, 2.75) is 77.5 Å². The summed E-state index contributed by atoms with van der Waals surface area (Å²) < 4.78 is 10.6. The Hall–Kier alpha value is -2.81. The van der Waals surface area contributed by atoms with Gasteiger partial charge >= 0.3 is 18.2 Å². The minimum absolute atomic E-state index is 0.124. The van der Waals surface area contributed by atoms with Gasteiger partial charge in [-0.3, -0.25) is 0 Å². The summed E-state index contributed by atoms with van der Waals surface area (Å²) in [7, 11) is 0. The number of aliphatic carboxylic acids is 1. The molecule has 1 unspecified atom stereocenters. The molecule has 0 bridgehead atoms. The average Bonchev–Trinajstić information content (AvgIpc) is 3.37. The van der Waals surface area contributed by atoms with E-state index in [1.807, 2.05) is 30.3 Å². The molecule has 3 N–H and O–H groups in total. The van der Waals surface area contributed by atoms with E-state index in [4.69, 9.17) is 9.47 Å². The number of rotatable bonds is 10. The fourth-order valence-electron chi connectivity index (χ4n) is 5.68. The fourth-order valence-corrected chi connectivity index (χ4v) is 5.68. The number of hydrogen-bond acceptors (Lipinski definition) is 6. The predicted octanol–water partition coefficient (Wildman–Crippen LogP) is 4.41. The van der Waals surface area contributed by atoms with Crippen LogP contribution in [0.4, 0.5) is 9.59 Å². The normalized spacial score (nSPS) is 19.1. The summed E-state index contributed by atoms with van der Waals surface area (Å²) in [5, 5.41) is 15.6. The minimum atomic E-state index is -0.997. The lowest BCUT2D eigenvalue weighted by Gasteiger charge is -2.41. The highest BCUT2D eigenvalue weighted by Crippen LogP contribution is 2.41. The van der Waals surface area contributed by atoms with Crippen LogP contribution in [0, 0.1) is 17.8 Å². The standard InChI is InChI=1S/C28H43N3O6/c1-28(2,3)37-27(35)30-24(25(32)33)23(21-11-7-8-12-21)22-13-16-31(17-14-22)18-15-29-26(34)36-19-20-9-5-4-6-10-20/h4-6,9-10,21-24H,7-8,11-19H2,1-3H3,(H,29,34)(H,30,35)(H,32,33)/t23?,24-/m0/s1. The van der Waals surface area contributed by atoms with Crippen molar-refractivity contribution < 1.29 is 29.0 Å². The average molecular weight is 518 g/mol. The minimum Gasteiger partial charge on any atom is -0.480 e. The lowest BCUT2D eigenvalue weighted by molar-refractivity contribution is -0.142. The van der Waals surface area contributed by atoms with Crippen LogP contribution in [0.3, 0.4) is 0 Å². The molecule has 0 radical (unpaired) electrons. The van der Waals surface area contributed by atoms with Crippen LogP contribution in [0.15, 0.2) is 30.3 Å². The van der Waals surface area contributed by atoms with Gasteiger partial charge in [0.15, 0.2) is 0 Å². The molecule has 0 aromatic heterocycles. The zero-order valence-corrected chi connectivity index (χ0v) is 22.4. The summed E-state index contributed by atoms with van der Waals surface area (Å²) in [4.78, 5) is 39.1. The molecule has 1 aliphatic heterocycles. The van der Waals surface area contributed by atoms with Crippen LogP contribution >= 0.6 is 0 Å². The number of hydrogen-bond donors (Lipinski definition) is 3. The van der Waals surface area contributed by atoms with E-state index < -0.39 is 29.8 Å². The Morgan fingerprint density at radius 3 is 2.22 bits per heavy atom. The SMILES string of the molecule is CC(C)(C)OC(=O)N[C@H](C(=O)O)C(C1CCCC1)C1CCN(CCNC(=O)OCc2ccccc2)CC1. The van der Waals surface area contributed by atoms with Gasteiger partial charge in [0.25, 0.3) is 0 Å². The molecular formula is C28H43N3O6. The Morgan fingerprint density at radius 2 is 1.62 bits per heavy atom. The number of carboxylic acid groups (broad SMARTS) is 1.